The number of rotatable bonds is 6. The van der Waals surface area contributed by atoms with E-state index in [1.165, 1.54) is 0 Å². The molecule has 0 saturated carbocycles. The third-order valence-electron chi connectivity index (χ3n) is 6.54. The van der Waals surface area contributed by atoms with E-state index in [0.29, 0.717) is 31.2 Å². The van der Waals surface area contributed by atoms with Gasteiger partial charge in [-0.25, -0.2) is 0 Å². The maximum atomic E-state index is 13.0. The van der Waals surface area contributed by atoms with E-state index in [-0.39, 0.29) is 23.8 Å². The molecule has 2 fully saturated rings. The number of piperidine rings is 1. The number of likely N-dealkylation sites (tertiary alicyclic amines) is 1. The molecular weight excluding hydrogens is 382 g/mol. The van der Waals surface area contributed by atoms with Crippen molar-refractivity contribution in [3.05, 3.63) is 30.0 Å². The lowest BCUT2D eigenvalue weighted by atomic mass is 9.84. The van der Waals surface area contributed by atoms with E-state index in [1.807, 2.05) is 36.1 Å². The highest BCUT2D eigenvalue weighted by Gasteiger charge is 2.31. The highest BCUT2D eigenvalue weighted by Crippen LogP contribution is 2.27. The van der Waals surface area contributed by atoms with Gasteiger partial charge in [0.2, 0.25) is 5.91 Å². The first-order chi connectivity index (χ1) is 14.5. The minimum absolute atomic E-state index is 0.0131. The zero-order valence-corrected chi connectivity index (χ0v) is 17.8. The molecule has 162 valence electrons. The normalized spacial score (nSPS) is 21.0. The Kier molecular flexibility index (Phi) is 6.27. The Hall–Kier alpha value is -2.54. The van der Waals surface area contributed by atoms with E-state index in [2.05, 4.69) is 10.3 Å². The van der Waals surface area contributed by atoms with Crippen LogP contribution in [0.15, 0.2) is 24.3 Å². The van der Waals surface area contributed by atoms with Crippen LogP contribution in [-0.2, 0) is 9.53 Å². The predicted octanol–water partition coefficient (Wildman–Crippen LogP) is 2.96. The number of ether oxygens (including phenoxy) is 2. The van der Waals surface area contributed by atoms with Crippen LogP contribution in [0.2, 0.25) is 0 Å². The van der Waals surface area contributed by atoms with Gasteiger partial charge in [0.15, 0.2) is 0 Å². The summed E-state index contributed by atoms with van der Waals surface area (Å²) in [5.41, 5.74) is 1.49. The van der Waals surface area contributed by atoms with Crippen molar-refractivity contribution < 1.29 is 19.1 Å². The largest absolute Gasteiger partial charge is 0.497 e. The Labute approximate surface area is 177 Å². The lowest BCUT2D eigenvalue weighted by Gasteiger charge is -2.34. The van der Waals surface area contributed by atoms with Gasteiger partial charge in [0, 0.05) is 49.1 Å². The Morgan fingerprint density at radius 3 is 2.77 bits per heavy atom. The SMILES string of the molecule is COc1ccc2cc(C(=O)N3CCC([C@H](C)C(=O)NC[C@H]4CCCO4)CC3)[nH]c2c1. The van der Waals surface area contributed by atoms with Crippen LogP contribution in [0.25, 0.3) is 10.9 Å². The van der Waals surface area contributed by atoms with Crippen LogP contribution in [0.4, 0.5) is 0 Å². The molecule has 7 heteroatoms. The van der Waals surface area contributed by atoms with Crippen LogP contribution in [0.1, 0.15) is 43.1 Å². The summed E-state index contributed by atoms with van der Waals surface area (Å²) in [4.78, 5) is 30.6. The standard InChI is InChI=1S/C23H31N3O4/c1-15(22(27)24-14-19-4-3-11-30-19)16-7-9-26(10-8-16)23(28)21-12-17-5-6-18(29-2)13-20(17)25-21/h5-6,12-13,15-16,19,25H,3-4,7-11,14H2,1-2H3,(H,24,27)/t15-,19+/m0/s1. The third kappa shape index (κ3) is 4.46. The second-order valence-electron chi connectivity index (χ2n) is 8.43. The number of fused-ring (bicyclic) bond motifs is 1. The van der Waals surface area contributed by atoms with Gasteiger partial charge in [-0.05, 0) is 49.8 Å². The van der Waals surface area contributed by atoms with Crippen molar-refractivity contribution in [2.75, 3.05) is 33.4 Å². The molecule has 0 radical (unpaired) electrons. The predicted molar refractivity (Wildman–Crippen MR) is 115 cm³/mol. The fourth-order valence-corrected chi connectivity index (χ4v) is 4.52. The summed E-state index contributed by atoms with van der Waals surface area (Å²) in [6, 6.07) is 7.63. The van der Waals surface area contributed by atoms with Gasteiger partial charge in [-0.2, -0.15) is 0 Å². The number of nitrogens with one attached hydrogen (secondary N) is 2. The molecule has 2 aliphatic rings. The van der Waals surface area contributed by atoms with Gasteiger partial charge in [-0.3, -0.25) is 9.59 Å². The Balaban J connectivity index is 1.30. The molecule has 2 saturated heterocycles. The summed E-state index contributed by atoms with van der Waals surface area (Å²) in [5, 5.41) is 4.04. The fraction of sp³-hybridized carbons (Fsp3) is 0.565. The van der Waals surface area contributed by atoms with Gasteiger partial charge >= 0.3 is 0 Å². The average Bonchev–Trinajstić information content (AvgIpc) is 3.45. The molecule has 1 aromatic heterocycles. The van der Waals surface area contributed by atoms with Crippen molar-refractivity contribution in [1.29, 1.82) is 0 Å². The molecule has 2 aromatic rings. The van der Waals surface area contributed by atoms with Crippen molar-refractivity contribution in [2.45, 2.75) is 38.7 Å². The Morgan fingerprint density at radius 1 is 1.27 bits per heavy atom. The molecule has 7 nitrogen and oxygen atoms in total. The molecule has 2 aliphatic heterocycles. The molecule has 0 spiro atoms. The molecule has 2 atom stereocenters. The maximum Gasteiger partial charge on any atom is 0.270 e. The second kappa shape index (κ2) is 9.08. The second-order valence-corrected chi connectivity index (χ2v) is 8.43. The van der Waals surface area contributed by atoms with Crippen LogP contribution in [0.5, 0.6) is 5.75 Å². The number of benzene rings is 1. The number of aromatic nitrogens is 1. The average molecular weight is 414 g/mol. The molecule has 0 aliphatic carbocycles. The van der Waals surface area contributed by atoms with Crippen LogP contribution in [0, 0.1) is 11.8 Å². The van der Waals surface area contributed by atoms with Crippen LogP contribution in [-0.4, -0.2) is 61.2 Å². The van der Waals surface area contributed by atoms with Crippen molar-refractivity contribution >= 4 is 22.7 Å². The van der Waals surface area contributed by atoms with E-state index in [1.54, 1.807) is 7.11 Å². The Morgan fingerprint density at radius 2 is 2.07 bits per heavy atom. The smallest absolute Gasteiger partial charge is 0.270 e. The van der Waals surface area contributed by atoms with Crippen molar-refractivity contribution in [3.8, 4) is 5.75 Å². The number of carbonyl (C=O) groups excluding carboxylic acids is 2. The van der Waals surface area contributed by atoms with Crippen LogP contribution < -0.4 is 10.1 Å². The molecule has 0 unspecified atom stereocenters. The lowest BCUT2D eigenvalue weighted by molar-refractivity contribution is -0.127. The van der Waals surface area contributed by atoms with E-state index in [0.717, 1.165) is 48.9 Å². The van der Waals surface area contributed by atoms with Crippen molar-refractivity contribution in [2.24, 2.45) is 11.8 Å². The lowest BCUT2D eigenvalue weighted by Crippen LogP contribution is -2.43. The molecule has 30 heavy (non-hydrogen) atoms. The van der Waals surface area contributed by atoms with Gasteiger partial charge in [0.1, 0.15) is 11.4 Å². The molecule has 1 aromatic carbocycles. The molecule has 2 amide bonds. The number of methoxy groups -OCH3 is 1. The number of aromatic amines is 1. The van der Waals surface area contributed by atoms with Gasteiger partial charge in [-0.1, -0.05) is 6.92 Å². The highest BCUT2D eigenvalue weighted by atomic mass is 16.5. The van der Waals surface area contributed by atoms with Crippen molar-refractivity contribution in [3.63, 3.8) is 0 Å². The number of nitrogens with zero attached hydrogens (tertiary/aromatic N) is 1. The number of hydrogen-bond acceptors (Lipinski definition) is 4. The number of amides is 2. The topological polar surface area (TPSA) is 83.7 Å². The minimum atomic E-state index is -0.0517. The third-order valence-corrected chi connectivity index (χ3v) is 6.54. The zero-order chi connectivity index (χ0) is 21.1. The first kappa shape index (κ1) is 20.7. The van der Waals surface area contributed by atoms with Crippen molar-refractivity contribution in [1.82, 2.24) is 15.2 Å². The number of carbonyl (C=O) groups is 2. The minimum Gasteiger partial charge on any atom is -0.497 e. The quantitative estimate of drug-likeness (QED) is 0.763. The summed E-state index contributed by atoms with van der Waals surface area (Å²) in [7, 11) is 1.63. The van der Waals surface area contributed by atoms with Gasteiger partial charge in [0.25, 0.3) is 5.91 Å². The van der Waals surface area contributed by atoms with E-state index < -0.39 is 0 Å². The molecule has 4 rings (SSSR count). The monoisotopic (exact) mass is 413 g/mol. The fourth-order valence-electron chi connectivity index (χ4n) is 4.52. The maximum absolute atomic E-state index is 13.0. The number of hydrogen-bond donors (Lipinski definition) is 2. The van der Waals surface area contributed by atoms with E-state index in [4.69, 9.17) is 9.47 Å². The molecular formula is C23H31N3O4. The highest BCUT2D eigenvalue weighted by molar-refractivity contribution is 5.98. The number of H-pyrrole nitrogens is 1. The van der Waals surface area contributed by atoms with Gasteiger partial charge in [0.05, 0.1) is 13.2 Å². The van der Waals surface area contributed by atoms with Gasteiger partial charge in [-0.15, -0.1) is 0 Å². The van der Waals surface area contributed by atoms with E-state index >= 15 is 0 Å². The molecule has 3 heterocycles. The first-order valence-corrected chi connectivity index (χ1v) is 10.9. The van der Waals surface area contributed by atoms with Crippen LogP contribution in [0.3, 0.4) is 0 Å². The summed E-state index contributed by atoms with van der Waals surface area (Å²) < 4.78 is 10.8. The first-order valence-electron chi connectivity index (χ1n) is 10.9. The summed E-state index contributed by atoms with van der Waals surface area (Å²) >= 11 is 0. The van der Waals surface area contributed by atoms with E-state index in [9.17, 15) is 9.59 Å². The van der Waals surface area contributed by atoms with Crippen LogP contribution >= 0.6 is 0 Å². The summed E-state index contributed by atoms with van der Waals surface area (Å²) in [6.07, 6.45) is 3.95. The summed E-state index contributed by atoms with van der Waals surface area (Å²) in [5.74, 6) is 1.12. The molecule has 2 N–H and O–H groups in total. The Bertz CT molecular complexity index is 895. The summed E-state index contributed by atoms with van der Waals surface area (Å²) in [6.45, 7) is 4.74. The zero-order valence-electron chi connectivity index (χ0n) is 17.8. The molecule has 0 bridgehead atoms. The van der Waals surface area contributed by atoms with Gasteiger partial charge < -0.3 is 24.7 Å².